The average Bonchev–Trinajstić information content (AvgIpc) is 2.74. The van der Waals surface area contributed by atoms with Gasteiger partial charge in [0.15, 0.2) is 5.78 Å². The summed E-state index contributed by atoms with van der Waals surface area (Å²) < 4.78 is 10.8. The molecule has 2 heterocycles. The molecule has 0 N–H and O–H groups in total. The molecule has 0 radical (unpaired) electrons. The standard InChI is InChI=1S/C11H13NO5S/c1-7(13)10-6-9(12(14)15)11(18-10)17-8-2-4-16-5-3-8/h6,8H,2-5H2,1H3. The van der Waals surface area contributed by atoms with Crippen molar-refractivity contribution in [2.45, 2.75) is 25.9 Å². The fourth-order valence-electron chi connectivity index (χ4n) is 1.70. The van der Waals surface area contributed by atoms with Crippen LogP contribution in [-0.2, 0) is 4.74 Å². The van der Waals surface area contributed by atoms with Crippen LogP contribution in [0.1, 0.15) is 29.4 Å². The van der Waals surface area contributed by atoms with Crippen LogP contribution in [0.4, 0.5) is 5.69 Å². The number of carbonyl (C=O) groups is 1. The summed E-state index contributed by atoms with van der Waals surface area (Å²) in [5.41, 5.74) is -0.128. The second kappa shape index (κ2) is 5.45. The van der Waals surface area contributed by atoms with Crippen molar-refractivity contribution in [3.05, 3.63) is 21.1 Å². The van der Waals surface area contributed by atoms with Gasteiger partial charge in [0.05, 0.1) is 23.0 Å². The number of Topliss-reactive ketones (excluding diaryl/α,β-unsaturated/α-hetero) is 1. The lowest BCUT2D eigenvalue weighted by Gasteiger charge is -2.21. The Bertz CT molecular complexity index is 464. The predicted octanol–water partition coefficient (Wildman–Crippen LogP) is 2.42. The molecule has 1 fully saturated rings. The van der Waals surface area contributed by atoms with Crippen LogP contribution >= 0.6 is 11.3 Å². The van der Waals surface area contributed by atoms with Gasteiger partial charge >= 0.3 is 5.69 Å². The molecule has 1 saturated heterocycles. The maximum absolute atomic E-state index is 11.2. The molecule has 1 aromatic heterocycles. The second-order valence-electron chi connectivity index (χ2n) is 4.03. The Balaban J connectivity index is 2.19. The topological polar surface area (TPSA) is 78.7 Å². The summed E-state index contributed by atoms with van der Waals surface area (Å²) in [5.74, 6) is -0.190. The van der Waals surface area contributed by atoms with Crippen LogP contribution in [0.15, 0.2) is 6.07 Å². The third-order valence-electron chi connectivity index (χ3n) is 2.67. The molecule has 0 aromatic carbocycles. The van der Waals surface area contributed by atoms with E-state index in [1.165, 1.54) is 13.0 Å². The lowest BCUT2D eigenvalue weighted by molar-refractivity contribution is -0.385. The molecule has 0 bridgehead atoms. The van der Waals surface area contributed by atoms with Crippen LogP contribution < -0.4 is 4.74 Å². The highest BCUT2D eigenvalue weighted by Gasteiger charge is 2.25. The van der Waals surface area contributed by atoms with Gasteiger partial charge in [0.25, 0.3) is 5.06 Å². The van der Waals surface area contributed by atoms with E-state index in [-0.39, 0.29) is 22.6 Å². The molecule has 0 aliphatic carbocycles. The SMILES string of the molecule is CC(=O)c1cc([N+](=O)[O-])c(OC2CCOCC2)s1. The third-order valence-corrected chi connectivity index (χ3v) is 3.78. The summed E-state index contributed by atoms with van der Waals surface area (Å²) in [4.78, 5) is 22.0. The van der Waals surface area contributed by atoms with Crippen LogP contribution in [0.25, 0.3) is 0 Å². The van der Waals surface area contributed by atoms with Gasteiger partial charge < -0.3 is 9.47 Å². The Morgan fingerprint density at radius 2 is 2.22 bits per heavy atom. The van der Waals surface area contributed by atoms with E-state index in [4.69, 9.17) is 9.47 Å². The largest absolute Gasteiger partial charge is 0.476 e. The maximum Gasteiger partial charge on any atom is 0.323 e. The highest BCUT2D eigenvalue weighted by atomic mass is 32.1. The monoisotopic (exact) mass is 271 g/mol. The van der Waals surface area contributed by atoms with Crippen LogP contribution in [0.5, 0.6) is 5.06 Å². The van der Waals surface area contributed by atoms with Gasteiger partial charge in [-0.3, -0.25) is 14.9 Å². The number of hydrogen-bond acceptors (Lipinski definition) is 6. The van der Waals surface area contributed by atoms with E-state index in [9.17, 15) is 14.9 Å². The lowest BCUT2D eigenvalue weighted by Crippen LogP contribution is -2.25. The van der Waals surface area contributed by atoms with Crippen LogP contribution in [0.2, 0.25) is 0 Å². The molecule has 0 amide bonds. The lowest BCUT2D eigenvalue weighted by atomic mass is 10.2. The quantitative estimate of drug-likeness (QED) is 0.477. The summed E-state index contributed by atoms with van der Waals surface area (Å²) in [7, 11) is 0. The van der Waals surface area contributed by atoms with E-state index < -0.39 is 4.92 Å². The molecular formula is C11H13NO5S. The van der Waals surface area contributed by atoms with Crippen molar-refractivity contribution >= 4 is 22.8 Å². The summed E-state index contributed by atoms with van der Waals surface area (Å²) in [5, 5.41) is 11.1. The molecule has 2 rings (SSSR count). The molecule has 0 spiro atoms. The molecule has 7 heteroatoms. The number of hydrogen-bond donors (Lipinski definition) is 0. The number of carbonyl (C=O) groups excluding carboxylic acids is 1. The van der Waals surface area contributed by atoms with Crippen LogP contribution in [0.3, 0.4) is 0 Å². The number of ketones is 1. The van der Waals surface area contributed by atoms with E-state index >= 15 is 0 Å². The second-order valence-corrected chi connectivity index (χ2v) is 5.04. The zero-order valence-corrected chi connectivity index (χ0v) is 10.7. The highest BCUT2D eigenvalue weighted by Crippen LogP contribution is 2.38. The first-order valence-electron chi connectivity index (χ1n) is 5.61. The van der Waals surface area contributed by atoms with Gasteiger partial charge in [-0.1, -0.05) is 11.3 Å². The normalized spacial score (nSPS) is 16.5. The minimum absolute atomic E-state index is 0.0732. The summed E-state index contributed by atoms with van der Waals surface area (Å²) in [6.45, 7) is 2.58. The van der Waals surface area contributed by atoms with E-state index in [2.05, 4.69) is 0 Å². The third kappa shape index (κ3) is 2.85. The molecule has 0 unspecified atom stereocenters. The van der Waals surface area contributed by atoms with Crippen LogP contribution in [-0.4, -0.2) is 30.0 Å². The summed E-state index contributed by atoms with van der Waals surface area (Å²) >= 11 is 1.04. The van der Waals surface area contributed by atoms with E-state index in [0.717, 1.165) is 11.3 Å². The van der Waals surface area contributed by atoms with Gasteiger partial charge in [-0.2, -0.15) is 0 Å². The van der Waals surface area contributed by atoms with Gasteiger partial charge in [-0.15, -0.1) is 0 Å². The molecule has 0 saturated carbocycles. The molecular weight excluding hydrogens is 258 g/mol. The van der Waals surface area contributed by atoms with Gasteiger partial charge in [-0.25, -0.2) is 0 Å². The Hall–Kier alpha value is -1.47. The number of thiophene rings is 1. The van der Waals surface area contributed by atoms with Gasteiger partial charge in [0.1, 0.15) is 6.10 Å². The smallest absolute Gasteiger partial charge is 0.323 e. The van der Waals surface area contributed by atoms with Crippen molar-refractivity contribution in [2.24, 2.45) is 0 Å². The Morgan fingerprint density at radius 1 is 1.56 bits per heavy atom. The van der Waals surface area contributed by atoms with Crippen molar-refractivity contribution in [3.63, 3.8) is 0 Å². The zero-order valence-electron chi connectivity index (χ0n) is 9.88. The van der Waals surface area contributed by atoms with Crippen LogP contribution in [0, 0.1) is 10.1 Å². The molecule has 1 aromatic rings. The molecule has 1 aliphatic rings. The van der Waals surface area contributed by atoms with Crippen molar-refractivity contribution < 1.29 is 19.2 Å². The van der Waals surface area contributed by atoms with Gasteiger partial charge in [-0.05, 0) is 6.92 Å². The molecule has 1 aliphatic heterocycles. The van der Waals surface area contributed by atoms with Crippen molar-refractivity contribution in [1.29, 1.82) is 0 Å². The Labute approximate surface area is 108 Å². The van der Waals surface area contributed by atoms with Crippen molar-refractivity contribution in [3.8, 4) is 5.06 Å². The van der Waals surface area contributed by atoms with E-state index in [0.29, 0.717) is 30.9 Å². The Morgan fingerprint density at radius 3 is 2.78 bits per heavy atom. The molecule has 98 valence electrons. The fourth-order valence-corrected chi connectivity index (χ4v) is 2.63. The first-order valence-corrected chi connectivity index (χ1v) is 6.43. The first kappa shape index (κ1) is 13.0. The maximum atomic E-state index is 11.2. The number of nitro groups is 1. The predicted molar refractivity (Wildman–Crippen MR) is 65.4 cm³/mol. The molecule has 0 atom stereocenters. The van der Waals surface area contributed by atoms with Gasteiger partial charge in [0, 0.05) is 18.9 Å². The first-order chi connectivity index (χ1) is 8.58. The van der Waals surface area contributed by atoms with Crippen molar-refractivity contribution in [1.82, 2.24) is 0 Å². The van der Waals surface area contributed by atoms with Gasteiger partial charge in [0.2, 0.25) is 0 Å². The summed E-state index contributed by atoms with van der Waals surface area (Å²) in [6.07, 6.45) is 1.35. The minimum atomic E-state index is -0.516. The number of rotatable bonds is 4. The van der Waals surface area contributed by atoms with E-state index in [1.54, 1.807) is 0 Å². The molecule has 6 nitrogen and oxygen atoms in total. The highest BCUT2D eigenvalue weighted by molar-refractivity contribution is 7.16. The minimum Gasteiger partial charge on any atom is -0.476 e. The zero-order chi connectivity index (χ0) is 13.1. The van der Waals surface area contributed by atoms with E-state index in [1.807, 2.05) is 0 Å². The summed E-state index contributed by atoms with van der Waals surface area (Å²) in [6, 6.07) is 1.28. The molecule has 18 heavy (non-hydrogen) atoms. The Kier molecular flexibility index (Phi) is 3.93. The average molecular weight is 271 g/mol. The number of ether oxygens (including phenoxy) is 2. The number of nitrogens with zero attached hydrogens (tertiary/aromatic N) is 1. The van der Waals surface area contributed by atoms with Crippen molar-refractivity contribution in [2.75, 3.05) is 13.2 Å². The fraction of sp³-hybridized carbons (Fsp3) is 0.545.